The Morgan fingerprint density at radius 2 is 1.83 bits per heavy atom. The van der Waals surface area contributed by atoms with Gasteiger partial charge in [0.15, 0.2) is 0 Å². The number of likely N-dealkylation sites (N-methyl/N-ethyl adjacent to an activating group) is 1. The molecule has 0 aromatic heterocycles. The van der Waals surface area contributed by atoms with Crippen molar-refractivity contribution >= 4 is 5.91 Å². The van der Waals surface area contributed by atoms with Crippen molar-refractivity contribution < 1.29 is 18.0 Å². The Morgan fingerprint density at radius 3 is 2.22 bits per heavy atom. The van der Waals surface area contributed by atoms with Crippen LogP contribution in [0.3, 0.4) is 0 Å². The smallest absolute Gasteiger partial charge is 0.368 e. The van der Waals surface area contributed by atoms with Crippen LogP contribution in [0.4, 0.5) is 13.2 Å². The molecule has 0 aliphatic carbocycles. The number of rotatable bonds is 4. The highest BCUT2D eigenvalue weighted by Gasteiger charge is 2.30. The van der Waals surface area contributed by atoms with Gasteiger partial charge in [0, 0.05) is 6.54 Å². The molecule has 1 amide bonds. The number of carbonyl (C=O) groups excluding carboxylic acids is 1. The molecule has 1 unspecified atom stereocenters. The van der Waals surface area contributed by atoms with Crippen molar-refractivity contribution in [3.05, 3.63) is 35.4 Å². The summed E-state index contributed by atoms with van der Waals surface area (Å²) in [6, 6.07) is 4.38. The number of carbonyl (C=O) groups is 1. The molecule has 1 rings (SSSR count). The maximum Gasteiger partial charge on any atom is 0.416 e. The Kier molecular flexibility index (Phi) is 4.34. The lowest BCUT2D eigenvalue weighted by Crippen LogP contribution is -2.39. The summed E-state index contributed by atoms with van der Waals surface area (Å²) < 4.78 is 37.0. The third kappa shape index (κ3) is 3.73. The van der Waals surface area contributed by atoms with Crippen LogP contribution < -0.4 is 5.73 Å². The number of nitrogens with two attached hydrogens (primary N) is 1. The van der Waals surface area contributed by atoms with Crippen molar-refractivity contribution in [2.75, 3.05) is 7.05 Å². The summed E-state index contributed by atoms with van der Waals surface area (Å²) in [6.07, 6.45) is -4.33. The van der Waals surface area contributed by atoms with Gasteiger partial charge in [0.1, 0.15) is 0 Å². The zero-order valence-electron chi connectivity index (χ0n) is 10.2. The third-order valence-electron chi connectivity index (χ3n) is 2.79. The summed E-state index contributed by atoms with van der Waals surface area (Å²) in [4.78, 5) is 12.6. The van der Waals surface area contributed by atoms with E-state index in [1.807, 2.05) is 0 Å². The van der Waals surface area contributed by atoms with Gasteiger partial charge in [0.05, 0.1) is 11.6 Å². The number of hydrogen-bond donors (Lipinski definition) is 1. The van der Waals surface area contributed by atoms with Gasteiger partial charge >= 0.3 is 6.18 Å². The molecule has 0 fully saturated rings. The molecule has 0 bridgehead atoms. The zero-order chi connectivity index (χ0) is 13.9. The number of nitrogens with zero attached hydrogens (tertiary/aromatic N) is 1. The van der Waals surface area contributed by atoms with E-state index in [2.05, 4.69) is 0 Å². The number of alkyl halides is 3. The first kappa shape index (κ1) is 14.5. The molecular formula is C12H15F3N2O. The maximum atomic E-state index is 12.3. The van der Waals surface area contributed by atoms with E-state index in [9.17, 15) is 18.0 Å². The van der Waals surface area contributed by atoms with Crippen molar-refractivity contribution in [2.24, 2.45) is 5.73 Å². The quantitative estimate of drug-likeness (QED) is 0.900. The molecule has 3 nitrogen and oxygen atoms in total. The van der Waals surface area contributed by atoms with Gasteiger partial charge in [0.25, 0.3) is 0 Å². The van der Waals surface area contributed by atoms with Gasteiger partial charge in [-0.15, -0.1) is 0 Å². The van der Waals surface area contributed by atoms with Crippen LogP contribution in [0.1, 0.15) is 18.1 Å². The molecular weight excluding hydrogens is 245 g/mol. The topological polar surface area (TPSA) is 46.3 Å². The van der Waals surface area contributed by atoms with Crippen molar-refractivity contribution in [3.63, 3.8) is 0 Å². The molecule has 1 atom stereocenters. The first-order valence-corrected chi connectivity index (χ1v) is 5.37. The molecule has 1 aromatic rings. The van der Waals surface area contributed by atoms with Crippen molar-refractivity contribution in [1.82, 2.24) is 4.90 Å². The van der Waals surface area contributed by atoms with Crippen molar-refractivity contribution in [2.45, 2.75) is 25.7 Å². The standard InChI is InChI=1S/C12H15F3N2O/c1-8(11(16)18)17(2)7-9-3-5-10(6-4-9)12(13,14)15/h3-6,8H,7H2,1-2H3,(H2,16,18). The van der Waals surface area contributed by atoms with Crippen molar-refractivity contribution in [1.29, 1.82) is 0 Å². The first-order chi connectivity index (χ1) is 8.21. The maximum absolute atomic E-state index is 12.3. The molecule has 0 aliphatic rings. The molecule has 1 aromatic carbocycles. The summed E-state index contributed by atoms with van der Waals surface area (Å²) in [7, 11) is 1.69. The molecule has 0 saturated carbocycles. The lowest BCUT2D eigenvalue weighted by molar-refractivity contribution is -0.137. The predicted octanol–water partition coefficient (Wildman–Crippen LogP) is 2.01. The Balaban J connectivity index is 2.73. The van der Waals surface area contributed by atoms with Gasteiger partial charge in [-0.1, -0.05) is 12.1 Å². The average molecular weight is 260 g/mol. The van der Waals surface area contributed by atoms with E-state index in [-0.39, 0.29) is 0 Å². The van der Waals surface area contributed by atoms with E-state index in [0.29, 0.717) is 12.1 Å². The van der Waals surface area contributed by atoms with Gasteiger partial charge in [0.2, 0.25) is 5.91 Å². The summed E-state index contributed by atoms with van der Waals surface area (Å²) >= 11 is 0. The Bertz CT molecular complexity index is 414. The minimum Gasteiger partial charge on any atom is -0.368 e. The fraction of sp³-hybridized carbons (Fsp3) is 0.417. The molecule has 0 heterocycles. The first-order valence-electron chi connectivity index (χ1n) is 5.37. The third-order valence-corrected chi connectivity index (χ3v) is 2.79. The average Bonchev–Trinajstić information content (AvgIpc) is 2.27. The number of primary amides is 1. The van der Waals surface area contributed by atoms with Crippen LogP contribution in [0.5, 0.6) is 0 Å². The minimum absolute atomic E-state index is 0.363. The number of hydrogen-bond acceptors (Lipinski definition) is 2. The van der Waals surface area contributed by atoms with E-state index < -0.39 is 23.7 Å². The lowest BCUT2D eigenvalue weighted by Gasteiger charge is -2.22. The fourth-order valence-corrected chi connectivity index (χ4v) is 1.44. The zero-order valence-corrected chi connectivity index (χ0v) is 10.2. The monoisotopic (exact) mass is 260 g/mol. The van der Waals surface area contributed by atoms with Crippen LogP contribution in [-0.2, 0) is 17.5 Å². The number of halogens is 3. The van der Waals surface area contributed by atoms with Gasteiger partial charge in [-0.05, 0) is 31.7 Å². The Hall–Kier alpha value is -1.56. The van der Waals surface area contributed by atoms with Crippen LogP contribution in [0, 0.1) is 0 Å². The van der Waals surface area contributed by atoms with Crippen LogP contribution in [-0.4, -0.2) is 23.9 Å². The van der Waals surface area contributed by atoms with Gasteiger partial charge in [-0.25, -0.2) is 0 Å². The second-order valence-electron chi connectivity index (χ2n) is 4.19. The molecule has 0 radical (unpaired) electrons. The lowest BCUT2D eigenvalue weighted by atomic mass is 10.1. The summed E-state index contributed by atoms with van der Waals surface area (Å²) in [5.41, 5.74) is 5.15. The summed E-state index contributed by atoms with van der Waals surface area (Å²) in [5.74, 6) is -0.468. The predicted molar refractivity (Wildman–Crippen MR) is 61.6 cm³/mol. The van der Waals surface area contributed by atoms with Crippen LogP contribution >= 0.6 is 0 Å². The second-order valence-corrected chi connectivity index (χ2v) is 4.19. The van der Waals surface area contributed by atoms with Gasteiger partial charge in [-0.2, -0.15) is 13.2 Å². The molecule has 0 saturated heterocycles. The second kappa shape index (κ2) is 5.39. The van der Waals surface area contributed by atoms with E-state index in [1.54, 1.807) is 18.9 Å². The number of benzene rings is 1. The van der Waals surface area contributed by atoms with Crippen LogP contribution in [0.25, 0.3) is 0 Å². The van der Waals surface area contributed by atoms with Crippen LogP contribution in [0.15, 0.2) is 24.3 Å². The van der Waals surface area contributed by atoms with Gasteiger partial charge in [-0.3, -0.25) is 9.69 Å². The van der Waals surface area contributed by atoms with Crippen LogP contribution in [0.2, 0.25) is 0 Å². The van der Waals surface area contributed by atoms with Crippen molar-refractivity contribution in [3.8, 4) is 0 Å². The normalized spacial score (nSPS) is 13.7. The Labute approximate surface area is 103 Å². The highest BCUT2D eigenvalue weighted by Crippen LogP contribution is 2.29. The van der Waals surface area contributed by atoms with E-state index >= 15 is 0 Å². The van der Waals surface area contributed by atoms with E-state index in [0.717, 1.165) is 12.1 Å². The molecule has 6 heteroatoms. The Morgan fingerprint density at radius 1 is 1.33 bits per heavy atom. The summed E-state index contributed by atoms with van der Waals surface area (Å²) in [6.45, 7) is 2.01. The highest BCUT2D eigenvalue weighted by molar-refractivity contribution is 5.79. The van der Waals surface area contributed by atoms with E-state index in [1.165, 1.54) is 12.1 Å². The SMILES string of the molecule is CC(C(N)=O)N(C)Cc1ccc(C(F)(F)F)cc1. The minimum atomic E-state index is -4.33. The molecule has 100 valence electrons. The van der Waals surface area contributed by atoms with E-state index in [4.69, 9.17) is 5.73 Å². The highest BCUT2D eigenvalue weighted by atomic mass is 19.4. The fourth-order valence-electron chi connectivity index (χ4n) is 1.44. The summed E-state index contributed by atoms with van der Waals surface area (Å²) in [5, 5.41) is 0. The molecule has 18 heavy (non-hydrogen) atoms. The van der Waals surface area contributed by atoms with Gasteiger partial charge < -0.3 is 5.73 Å². The molecule has 0 aliphatic heterocycles. The molecule has 2 N–H and O–H groups in total. The largest absolute Gasteiger partial charge is 0.416 e. The molecule has 0 spiro atoms. The number of amides is 1.